The number of nitrogens with zero attached hydrogens (tertiary/aromatic N) is 2. The molecule has 0 atom stereocenters. The van der Waals surface area contributed by atoms with Crippen LogP contribution < -0.4 is 11.3 Å². The fourth-order valence-electron chi connectivity index (χ4n) is 1.76. The van der Waals surface area contributed by atoms with Gasteiger partial charge in [-0.3, -0.25) is 4.79 Å². The number of rotatable bonds is 5. The van der Waals surface area contributed by atoms with E-state index in [2.05, 4.69) is 32.4 Å². The molecule has 0 bridgehead atoms. The van der Waals surface area contributed by atoms with E-state index in [1.807, 2.05) is 11.4 Å². The van der Waals surface area contributed by atoms with Crippen molar-refractivity contribution in [2.24, 2.45) is 5.84 Å². The zero-order chi connectivity index (χ0) is 14.5. The van der Waals surface area contributed by atoms with Crippen LogP contribution in [-0.2, 0) is 6.42 Å². The molecule has 0 aliphatic carbocycles. The number of aromatic nitrogens is 1. The maximum atomic E-state index is 12.4. The maximum absolute atomic E-state index is 12.4. The Morgan fingerprint density at radius 1 is 1.60 bits per heavy atom. The van der Waals surface area contributed by atoms with Crippen LogP contribution in [0, 0.1) is 0 Å². The average Bonchev–Trinajstić information content (AvgIpc) is 2.97. The fraction of sp³-hybridized carbons (Fsp3) is 0.231. The lowest BCUT2D eigenvalue weighted by atomic mass is 10.2. The van der Waals surface area contributed by atoms with Gasteiger partial charge in [0, 0.05) is 29.1 Å². The van der Waals surface area contributed by atoms with Crippen molar-refractivity contribution in [2.75, 3.05) is 19.0 Å². The molecule has 7 heteroatoms. The molecule has 2 aromatic heterocycles. The Kier molecular flexibility index (Phi) is 5.11. The highest BCUT2D eigenvalue weighted by Gasteiger charge is 2.17. The van der Waals surface area contributed by atoms with Crippen molar-refractivity contribution in [1.29, 1.82) is 0 Å². The number of hydrogen-bond acceptors (Lipinski definition) is 5. The summed E-state index contributed by atoms with van der Waals surface area (Å²) in [4.78, 5) is 19.4. The Morgan fingerprint density at radius 3 is 3.05 bits per heavy atom. The van der Waals surface area contributed by atoms with Crippen LogP contribution in [0.4, 0.5) is 5.82 Å². The summed E-state index contributed by atoms with van der Waals surface area (Å²) in [5.74, 6) is 5.66. The molecular formula is C13H15BrN4OS. The summed E-state index contributed by atoms with van der Waals surface area (Å²) in [5.41, 5.74) is 2.91. The van der Waals surface area contributed by atoms with Crippen LogP contribution in [0.2, 0.25) is 0 Å². The zero-order valence-corrected chi connectivity index (χ0v) is 13.4. The lowest BCUT2D eigenvalue weighted by molar-refractivity contribution is 0.0797. The molecule has 0 saturated heterocycles. The number of likely N-dealkylation sites (N-methyl/N-ethyl adjacent to an activating group) is 1. The number of amides is 1. The molecule has 0 aliphatic heterocycles. The molecule has 0 unspecified atom stereocenters. The van der Waals surface area contributed by atoms with E-state index in [1.54, 1.807) is 35.5 Å². The minimum absolute atomic E-state index is 0.108. The Bertz CT molecular complexity index is 588. The van der Waals surface area contributed by atoms with E-state index >= 15 is 0 Å². The van der Waals surface area contributed by atoms with Gasteiger partial charge in [0.2, 0.25) is 0 Å². The van der Waals surface area contributed by atoms with Gasteiger partial charge in [-0.2, -0.15) is 0 Å². The maximum Gasteiger partial charge on any atom is 0.257 e. The highest BCUT2D eigenvalue weighted by atomic mass is 79.9. The molecule has 5 nitrogen and oxygen atoms in total. The lowest BCUT2D eigenvalue weighted by Crippen LogP contribution is -2.30. The molecule has 20 heavy (non-hydrogen) atoms. The molecule has 0 radical (unpaired) electrons. The number of pyridine rings is 1. The van der Waals surface area contributed by atoms with Gasteiger partial charge in [-0.05, 0) is 39.9 Å². The molecule has 0 aliphatic rings. The summed E-state index contributed by atoms with van der Waals surface area (Å²) in [6.07, 6.45) is 2.43. The number of nitrogen functional groups attached to an aromatic ring is 1. The molecule has 2 heterocycles. The summed E-state index contributed by atoms with van der Waals surface area (Å²) >= 11 is 5.01. The number of thiophene rings is 1. The van der Waals surface area contributed by atoms with Gasteiger partial charge in [-0.1, -0.05) is 6.07 Å². The van der Waals surface area contributed by atoms with Crippen LogP contribution >= 0.6 is 27.3 Å². The van der Waals surface area contributed by atoms with Crippen molar-refractivity contribution in [3.8, 4) is 0 Å². The number of hydrazine groups is 1. The first-order valence-corrected chi connectivity index (χ1v) is 7.69. The Hall–Kier alpha value is -1.44. The first kappa shape index (κ1) is 15.0. The summed E-state index contributed by atoms with van der Waals surface area (Å²) in [5, 5.41) is 2.03. The first-order chi connectivity index (χ1) is 9.61. The van der Waals surface area contributed by atoms with Gasteiger partial charge in [0.1, 0.15) is 0 Å². The van der Waals surface area contributed by atoms with Gasteiger partial charge in [0.15, 0.2) is 5.82 Å². The molecular weight excluding hydrogens is 340 g/mol. The summed E-state index contributed by atoms with van der Waals surface area (Å²) in [6, 6.07) is 5.79. The van der Waals surface area contributed by atoms with E-state index in [9.17, 15) is 4.79 Å². The van der Waals surface area contributed by atoms with Crippen molar-refractivity contribution in [3.63, 3.8) is 0 Å². The third-order valence-electron chi connectivity index (χ3n) is 2.84. The fourth-order valence-corrected chi connectivity index (χ4v) is 2.79. The number of carbonyl (C=O) groups excluding carboxylic acids is 1. The summed E-state index contributed by atoms with van der Waals surface area (Å²) in [7, 11) is 1.77. The number of nitrogens with two attached hydrogens (primary N) is 1. The van der Waals surface area contributed by atoms with Crippen molar-refractivity contribution in [1.82, 2.24) is 9.88 Å². The van der Waals surface area contributed by atoms with Gasteiger partial charge in [-0.15, -0.1) is 11.3 Å². The second kappa shape index (κ2) is 6.83. The van der Waals surface area contributed by atoms with E-state index in [0.29, 0.717) is 17.9 Å². The van der Waals surface area contributed by atoms with Crippen LogP contribution in [0.3, 0.4) is 0 Å². The molecule has 0 aromatic carbocycles. The standard InChI is InChI=1S/C13H15BrN4OS/c1-18(5-4-10-3-2-6-20-10)13(19)11-7-9(14)8-16-12(11)17-15/h2-3,6-8H,4-5,15H2,1H3,(H,16,17). The van der Waals surface area contributed by atoms with Gasteiger partial charge in [0.05, 0.1) is 5.56 Å². The number of hydrogen-bond donors (Lipinski definition) is 2. The van der Waals surface area contributed by atoms with Crippen LogP contribution in [-0.4, -0.2) is 29.4 Å². The van der Waals surface area contributed by atoms with Gasteiger partial charge in [0.25, 0.3) is 5.91 Å². The van der Waals surface area contributed by atoms with Gasteiger partial charge < -0.3 is 10.3 Å². The minimum atomic E-state index is -0.108. The molecule has 3 N–H and O–H groups in total. The molecule has 2 aromatic rings. The number of nitrogens with one attached hydrogen (secondary N) is 1. The first-order valence-electron chi connectivity index (χ1n) is 6.02. The number of halogens is 1. The van der Waals surface area contributed by atoms with Crippen molar-refractivity contribution in [2.45, 2.75) is 6.42 Å². The van der Waals surface area contributed by atoms with E-state index in [-0.39, 0.29) is 5.91 Å². The molecule has 0 saturated carbocycles. The summed E-state index contributed by atoms with van der Waals surface area (Å²) in [6.45, 7) is 0.649. The third-order valence-corrected chi connectivity index (χ3v) is 4.21. The lowest BCUT2D eigenvalue weighted by Gasteiger charge is -2.18. The third kappa shape index (κ3) is 3.56. The van der Waals surface area contributed by atoms with E-state index in [0.717, 1.165) is 10.9 Å². The van der Waals surface area contributed by atoms with E-state index in [1.165, 1.54) is 4.88 Å². The predicted molar refractivity (Wildman–Crippen MR) is 84.7 cm³/mol. The minimum Gasteiger partial charge on any atom is -0.341 e. The second-order valence-corrected chi connectivity index (χ2v) is 6.20. The van der Waals surface area contributed by atoms with Crippen LogP contribution in [0.25, 0.3) is 0 Å². The van der Waals surface area contributed by atoms with Crippen molar-refractivity contribution < 1.29 is 4.79 Å². The van der Waals surface area contributed by atoms with Crippen LogP contribution in [0.1, 0.15) is 15.2 Å². The Balaban J connectivity index is 2.08. The normalized spacial score (nSPS) is 10.3. The topological polar surface area (TPSA) is 71.2 Å². The Labute approximate surface area is 129 Å². The molecule has 0 fully saturated rings. The highest BCUT2D eigenvalue weighted by Crippen LogP contribution is 2.19. The molecule has 0 spiro atoms. The summed E-state index contributed by atoms with van der Waals surface area (Å²) < 4.78 is 0.742. The number of anilines is 1. The quantitative estimate of drug-likeness (QED) is 0.639. The smallest absolute Gasteiger partial charge is 0.257 e. The molecule has 2 rings (SSSR count). The predicted octanol–water partition coefficient (Wildman–Crippen LogP) is 2.51. The van der Waals surface area contributed by atoms with Crippen molar-refractivity contribution in [3.05, 3.63) is 44.7 Å². The zero-order valence-electron chi connectivity index (χ0n) is 11.0. The monoisotopic (exact) mass is 354 g/mol. The van der Waals surface area contributed by atoms with Crippen molar-refractivity contribution >= 4 is 39.0 Å². The van der Waals surface area contributed by atoms with Gasteiger partial charge in [-0.25, -0.2) is 10.8 Å². The molecule has 106 valence electrons. The average molecular weight is 355 g/mol. The van der Waals surface area contributed by atoms with E-state index in [4.69, 9.17) is 5.84 Å². The Morgan fingerprint density at radius 2 is 2.40 bits per heavy atom. The van der Waals surface area contributed by atoms with Gasteiger partial charge >= 0.3 is 0 Å². The largest absolute Gasteiger partial charge is 0.341 e. The number of carbonyl (C=O) groups is 1. The van der Waals surface area contributed by atoms with Crippen LogP contribution in [0.5, 0.6) is 0 Å². The van der Waals surface area contributed by atoms with E-state index < -0.39 is 0 Å². The SMILES string of the molecule is CN(CCc1cccs1)C(=O)c1cc(Br)cnc1NN. The second-order valence-electron chi connectivity index (χ2n) is 4.25. The molecule has 1 amide bonds. The highest BCUT2D eigenvalue weighted by molar-refractivity contribution is 9.10. The van der Waals surface area contributed by atoms with Crippen LogP contribution in [0.15, 0.2) is 34.2 Å².